The summed E-state index contributed by atoms with van der Waals surface area (Å²) in [4.78, 5) is 9.63. The number of benzene rings is 1. The van der Waals surface area contributed by atoms with Crippen molar-refractivity contribution in [3.05, 3.63) is 72.1 Å². The van der Waals surface area contributed by atoms with Crippen molar-refractivity contribution in [1.82, 2.24) is 9.88 Å². The minimum absolute atomic E-state index is 0.0114. The molecular formula is C22H16F5N5O. The van der Waals surface area contributed by atoms with Crippen molar-refractivity contribution in [3.63, 3.8) is 0 Å². The molecule has 0 fully saturated rings. The number of nitriles is 1. The van der Waals surface area contributed by atoms with Crippen molar-refractivity contribution >= 4 is 17.3 Å². The van der Waals surface area contributed by atoms with Gasteiger partial charge in [-0.2, -0.15) is 27.2 Å². The summed E-state index contributed by atoms with van der Waals surface area (Å²) in [5.74, 6) is 0.186. The number of nitrogens with one attached hydrogen (secondary N) is 1. The Morgan fingerprint density at radius 1 is 1.18 bits per heavy atom. The number of ether oxygens (including phenoxy) is 1. The van der Waals surface area contributed by atoms with Crippen LogP contribution in [0.4, 0.5) is 33.5 Å². The first kappa shape index (κ1) is 22.3. The summed E-state index contributed by atoms with van der Waals surface area (Å²) in [5, 5.41) is 12.4. The summed E-state index contributed by atoms with van der Waals surface area (Å²) in [7, 11) is 0. The molecule has 2 unspecified atom stereocenters. The Labute approximate surface area is 185 Å². The van der Waals surface area contributed by atoms with E-state index in [-0.39, 0.29) is 28.7 Å². The highest BCUT2D eigenvalue weighted by Gasteiger charge is 2.60. The van der Waals surface area contributed by atoms with E-state index < -0.39 is 24.4 Å². The molecule has 1 aromatic carbocycles. The fourth-order valence-electron chi connectivity index (χ4n) is 3.76. The van der Waals surface area contributed by atoms with Crippen molar-refractivity contribution in [3.8, 4) is 11.8 Å². The molecule has 0 spiro atoms. The number of pyridine rings is 1. The van der Waals surface area contributed by atoms with Gasteiger partial charge in [0.05, 0.1) is 17.3 Å². The van der Waals surface area contributed by atoms with E-state index in [0.29, 0.717) is 5.69 Å². The Hall–Kier alpha value is -3.94. The van der Waals surface area contributed by atoms with Gasteiger partial charge in [-0.15, -0.1) is 0 Å². The van der Waals surface area contributed by atoms with E-state index in [1.165, 1.54) is 60.5 Å². The van der Waals surface area contributed by atoms with E-state index >= 15 is 0 Å². The van der Waals surface area contributed by atoms with E-state index in [4.69, 9.17) is 0 Å². The number of allylic oxidation sites excluding steroid dienone is 2. The van der Waals surface area contributed by atoms with Crippen LogP contribution in [0.5, 0.6) is 5.75 Å². The second-order valence-corrected chi connectivity index (χ2v) is 7.42. The van der Waals surface area contributed by atoms with Crippen LogP contribution in [-0.4, -0.2) is 34.5 Å². The molecule has 0 amide bonds. The van der Waals surface area contributed by atoms with Gasteiger partial charge in [0.25, 0.3) is 0 Å². The molecule has 170 valence electrons. The molecule has 2 aromatic rings. The summed E-state index contributed by atoms with van der Waals surface area (Å²) in [5.41, 5.74) is -1.26. The molecule has 1 aromatic heterocycles. The predicted molar refractivity (Wildman–Crippen MR) is 110 cm³/mol. The maximum Gasteiger partial charge on any atom is 0.413 e. The number of hydrogen-bond donors (Lipinski definition) is 1. The van der Waals surface area contributed by atoms with Crippen molar-refractivity contribution in [2.75, 3.05) is 5.32 Å². The summed E-state index contributed by atoms with van der Waals surface area (Å²) in [6.45, 7) is -1.60. The highest BCUT2D eigenvalue weighted by Crippen LogP contribution is 2.46. The van der Waals surface area contributed by atoms with E-state index in [1.807, 2.05) is 6.07 Å². The van der Waals surface area contributed by atoms with Crippen LogP contribution in [0.2, 0.25) is 0 Å². The minimum Gasteiger partial charge on any atom is -0.435 e. The van der Waals surface area contributed by atoms with Gasteiger partial charge < -0.3 is 15.0 Å². The number of nitrogens with zero attached hydrogens (tertiary/aromatic N) is 4. The Morgan fingerprint density at radius 3 is 2.55 bits per heavy atom. The molecular weight excluding hydrogens is 445 g/mol. The lowest BCUT2D eigenvalue weighted by Gasteiger charge is -2.39. The lowest BCUT2D eigenvalue weighted by molar-refractivity contribution is -0.166. The first-order valence-electron chi connectivity index (χ1n) is 9.64. The van der Waals surface area contributed by atoms with Crippen LogP contribution in [0.15, 0.2) is 65.8 Å². The van der Waals surface area contributed by atoms with Crippen LogP contribution in [0, 0.1) is 11.3 Å². The summed E-state index contributed by atoms with van der Waals surface area (Å²) in [6, 6.07) is 7.97. The summed E-state index contributed by atoms with van der Waals surface area (Å²) >= 11 is 0. The maximum atomic E-state index is 14.0. The third-order valence-electron chi connectivity index (χ3n) is 5.27. The van der Waals surface area contributed by atoms with Gasteiger partial charge in [0, 0.05) is 11.9 Å². The number of fused-ring (bicyclic) bond motifs is 1. The smallest absolute Gasteiger partial charge is 0.413 e. The van der Waals surface area contributed by atoms with E-state index in [9.17, 15) is 27.2 Å². The molecule has 33 heavy (non-hydrogen) atoms. The molecule has 3 heterocycles. The van der Waals surface area contributed by atoms with Crippen LogP contribution < -0.4 is 10.1 Å². The number of alkyl halides is 5. The lowest BCUT2D eigenvalue weighted by atomic mass is 9.86. The largest absolute Gasteiger partial charge is 0.435 e. The van der Waals surface area contributed by atoms with Gasteiger partial charge in [0.2, 0.25) is 0 Å². The molecule has 1 N–H and O–H groups in total. The van der Waals surface area contributed by atoms with Crippen LogP contribution in [-0.2, 0) is 5.54 Å². The molecule has 0 saturated heterocycles. The second kappa shape index (κ2) is 8.20. The first-order chi connectivity index (χ1) is 15.6. The normalized spacial score (nSPS) is 21.6. The van der Waals surface area contributed by atoms with Gasteiger partial charge >= 0.3 is 12.8 Å². The third kappa shape index (κ3) is 4.24. The number of aromatic nitrogens is 1. The molecule has 11 heteroatoms. The van der Waals surface area contributed by atoms with Gasteiger partial charge in [-0.1, -0.05) is 6.08 Å². The number of hydrogen-bond acceptors (Lipinski definition) is 6. The highest BCUT2D eigenvalue weighted by atomic mass is 19.4. The lowest BCUT2D eigenvalue weighted by Crippen LogP contribution is -2.51. The molecule has 2 atom stereocenters. The van der Waals surface area contributed by atoms with Crippen LogP contribution >= 0.6 is 0 Å². The number of aliphatic imine (C=N–C) groups is 1. The predicted octanol–water partition coefficient (Wildman–Crippen LogP) is 5.24. The van der Waals surface area contributed by atoms with Gasteiger partial charge in [-0.25, -0.2) is 4.98 Å². The van der Waals surface area contributed by atoms with Crippen LogP contribution in [0.25, 0.3) is 0 Å². The third-order valence-corrected chi connectivity index (χ3v) is 5.27. The molecule has 4 rings (SSSR count). The maximum absolute atomic E-state index is 14.0. The molecule has 6 nitrogen and oxygen atoms in total. The quantitative estimate of drug-likeness (QED) is 0.617. The van der Waals surface area contributed by atoms with Gasteiger partial charge in [0.1, 0.15) is 22.9 Å². The van der Waals surface area contributed by atoms with Crippen molar-refractivity contribution in [2.45, 2.75) is 31.3 Å². The van der Waals surface area contributed by atoms with Crippen LogP contribution in [0.3, 0.4) is 0 Å². The molecule has 2 aliphatic heterocycles. The monoisotopic (exact) mass is 461 g/mol. The Kier molecular flexibility index (Phi) is 5.53. The second-order valence-electron chi connectivity index (χ2n) is 7.42. The van der Waals surface area contributed by atoms with Crippen molar-refractivity contribution in [2.24, 2.45) is 4.99 Å². The SMILES string of the molecule is CC1(c2cc(C#N)cc(Nc3ccc(OC(F)F)cc3)n2)C(C(F)(F)F)N=C2C=CC=CN21. The fourth-order valence-corrected chi connectivity index (χ4v) is 3.76. The Balaban J connectivity index is 1.72. The molecule has 0 bridgehead atoms. The molecule has 2 aliphatic rings. The van der Waals surface area contributed by atoms with Crippen LogP contribution in [0.1, 0.15) is 18.2 Å². The summed E-state index contributed by atoms with van der Waals surface area (Å²) < 4.78 is 70.9. The standard InChI is InChI=1S/C22H16F5N5O/c1-21(19(22(25,26)27)31-18-4-2-3-9-32(18)21)16-10-13(12-28)11-17(30-16)29-14-5-7-15(8-6-14)33-20(23)24/h2-11,19-20H,1H3,(H,29,30). The fraction of sp³-hybridized carbons (Fsp3) is 0.227. The topological polar surface area (TPSA) is 73.5 Å². The first-order valence-corrected chi connectivity index (χ1v) is 9.64. The summed E-state index contributed by atoms with van der Waals surface area (Å²) in [6.07, 6.45) is 1.47. The molecule has 0 saturated carbocycles. The van der Waals surface area contributed by atoms with Crippen molar-refractivity contribution < 1.29 is 26.7 Å². The number of anilines is 2. The molecule has 0 radical (unpaired) electrons. The minimum atomic E-state index is -4.67. The van der Waals surface area contributed by atoms with Gasteiger partial charge in [0.15, 0.2) is 6.04 Å². The zero-order chi connectivity index (χ0) is 23.8. The zero-order valence-electron chi connectivity index (χ0n) is 17.0. The average Bonchev–Trinajstić information content (AvgIpc) is 3.09. The molecule has 0 aliphatic carbocycles. The van der Waals surface area contributed by atoms with E-state index in [1.54, 1.807) is 12.2 Å². The van der Waals surface area contributed by atoms with E-state index in [2.05, 4.69) is 20.0 Å². The highest BCUT2D eigenvalue weighted by molar-refractivity contribution is 5.97. The number of amidine groups is 1. The Morgan fingerprint density at radius 2 is 1.91 bits per heavy atom. The zero-order valence-corrected chi connectivity index (χ0v) is 17.0. The number of rotatable bonds is 5. The number of halogens is 5. The Bertz CT molecular complexity index is 1180. The van der Waals surface area contributed by atoms with Gasteiger partial charge in [-0.05, 0) is 55.5 Å². The van der Waals surface area contributed by atoms with E-state index in [0.717, 1.165) is 0 Å². The van der Waals surface area contributed by atoms with Gasteiger partial charge in [-0.3, -0.25) is 4.99 Å². The average molecular weight is 461 g/mol. The van der Waals surface area contributed by atoms with Crippen molar-refractivity contribution in [1.29, 1.82) is 5.26 Å².